The van der Waals surface area contributed by atoms with Gasteiger partial charge in [0.25, 0.3) is 0 Å². The standard InChI is InChI=1S/C13H25N3S/c14-13(17)12-4-10-16(11-5-12)9-3-8-15-6-1-2-7-15/h12H,1-11H2,(H2,14,17). The predicted molar refractivity (Wildman–Crippen MR) is 76.2 cm³/mol. The molecule has 0 aromatic carbocycles. The topological polar surface area (TPSA) is 32.5 Å². The average Bonchev–Trinajstić information content (AvgIpc) is 2.83. The molecule has 2 heterocycles. The molecule has 0 radical (unpaired) electrons. The number of rotatable bonds is 5. The Kier molecular flexibility index (Phi) is 5.19. The first-order valence-electron chi connectivity index (χ1n) is 7.00. The number of hydrogen-bond donors (Lipinski definition) is 1. The van der Waals surface area contributed by atoms with Gasteiger partial charge >= 0.3 is 0 Å². The third-order valence-corrected chi connectivity index (χ3v) is 4.47. The fourth-order valence-corrected chi connectivity index (χ4v) is 3.20. The molecule has 4 heteroatoms. The van der Waals surface area contributed by atoms with Crippen LogP contribution < -0.4 is 5.73 Å². The lowest BCUT2D eigenvalue weighted by atomic mass is 9.97. The minimum Gasteiger partial charge on any atom is -0.393 e. The molecule has 0 unspecified atom stereocenters. The van der Waals surface area contributed by atoms with Crippen molar-refractivity contribution in [2.24, 2.45) is 11.7 Å². The van der Waals surface area contributed by atoms with E-state index in [1.807, 2.05) is 0 Å². The van der Waals surface area contributed by atoms with Crippen LogP contribution in [0.25, 0.3) is 0 Å². The van der Waals surface area contributed by atoms with Crippen LogP contribution in [0.2, 0.25) is 0 Å². The Bertz CT molecular complexity index is 243. The summed E-state index contributed by atoms with van der Waals surface area (Å²) in [5.74, 6) is 0.500. The molecule has 2 aliphatic heterocycles. The number of nitrogens with two attached hydrogens (primary N) is 1. The Morgan fingerprint density at radius 2 is 1.53 bits per heavy atom. The number of thiocarbonyl (C=S) groups is 1. The Hall–Kier alpha value is -0.190. The minimum atomic E-state index is 0.500. The second kappa shape index (κ2) is 6.66. The van der Waals surface area contributed by atoms with Crippen LogP contribution in [0.5, 0.6) is 0 Å². The Labute approximate surface area is 110 Å². The molecule has 0 atom stereocenters. The zero-order valence-electron chi connectivity index (χ0n) is 10.7. The molecule has 2 fully saturated rings. The number of hydrogen-bond acceptors (Lipinski definition) is 3. The van der Waals surface area contributed by atoms with Crippen LogP contribution in [0, 0.1) is 5.92 Å². The van der Waals surface area contributed by atoms with Crippen LogP contribution in [0.1, 0.15) is 32.1 Å². The zero-order valence-corrected chi connectivity index (χ0v) is 11.6. The van der Waals surface area contributed by atoms with Gasteiger partial charge in [0.05, 0.1) is 4.99 Å². The van der Waals surface area contributed by atoms with Gasteiger partial charge in [0.2, 0.25) is 0 Å². The molecule has 2 N–H and O–H groups in total. The summed E-state index contributed by atoms with van der Waals surface area (Å²) >= 11 is 5.07. The highest BCUT2D eigenvalue weighted by Gasteiger charge is 2.20. The van der Waals surface area contributed by atoms with Crippen LogP contribution in [0.3, 0.4) is 0 Å². The fraction of sp³-hybridized carbons (Fsp3) is 0.923. The maximum atomic E-state index is 5.70. The maximum absolute atomic E-state index is 5.70. The van der Waals surface area contributed by atoms with Gasteiger partial charge in [0, 0.05) is 5.92 Å². The molecule has 2 saturated heterocycles. The summed E-state index contributed by atoms with van der Waals surface area (Å²) in [4.78, 5) is 5.90. The van der Waals surface area contributed by atoms with Gasteiger partial charge in [-0.2, -0.15) is 0 Å². The van der Waals surface area contributed by atoms with Crippen molar-refractivity contribution >= 4 is 17.2 Å². The third kappa shape index (κ3) is 4.19. The average molecular weight is 255 g/mol. The van der Waals surface area contributed by atoms with Crippen LogP contribution in [-0.2, 0) is 0 Å². The number of nitrogens with zero attached hydrogens (tertiary/aromatic N) is 2. The molecule has 0 amide bonds. The first kappa shape index (κ1) is 13.2. The number of likely N-dealkylation sites (tertiary alicyclic amines) is 2. The molecular formula is C13H25N3S. The zero-order chi connectivity index (χ0) is 12.1. The highest BCUT2D eigenvalue weighted by atomic mass is 32.1. The van der Waals surface area contributed by atoms with Gasteiger partial charge in [-0.3, -0.25) is 0 Å². The number of piperidine rings is 1. The van der Waals surface area contributed by atoms with Gasteiger partial charge < -0.3 is 15.5 Å². The van der Waals surface area contributed by atoms with Crippen LogP contribution >= 0.6 is 12.2 Å². The summed E-state index contributed by atoms with van der Waals surface area (Å²) in [6.45, 7) is 7.55. The Morgan fingerprint density at radius 3 is 2.06 bits per heavy atom. The molecule has 2 aliphatic rings. The SMILES string of the molecule is NC(=S)C1CCN(CCCN2CCCC2)CC1. The van der Waals surface area contributed by atoms with Crippen molar-refractivity contribution in [2.75, 3.05) is 39.3 Å². The molecule has 0 bridgehead atoms. The van der Waals surface area contributed by atoms with Gasteiger partial charge in [0.15, 0.2) is 0 Å². The Balaban J connectivity index is 1.56. The van der Waals surface area contributed by atoms with E-state index in [9.17, 15) is 0 Å². The van der Waals surface area contributed by atoms with Crippen molar-refractivity contribution in [3.05, 3.63) is 0 Å². The lowest BCUT2D eigenvalue weighted by Crippen LogP contribution is -2.39. The smallest absolute Gasteiger partial charge is 0.0759 e. The highest BCUT2D eigenvalue weighted by Crippen LogP contribution is 2.17. The molecule has 0 aromatic heterocycles. The van der Waals surface area contributed by atoms with Crippen molar-refractivity contribution in [2.45, 2.75) is 32.1 Å². The summed E-state index contributed by atoms with van der Waals surface area (Å²) in [5, 5.41) is 0. The van der Waals surface area contributed by atoms with Crippen LogP contribution in [0.15, 0.2) is 0 Å². The van der Waals surface area contributed by atoms with Crippen molar-refractivity contribution in [3.8, 4) is 0 Å². The first-order valence-corrected chi connectivity index (χ1v) is 7.40. The molecule has 98 valence electrons. The molecular weight excluding hydrogens is 230 g/mol. The highest BCUT2D eigenvalue weighted by molar-refractivity contribution is 7.80. The summed E-state index contributed by atoms with van der Waals surface area (Å²) in [6, 6.07) is 0. The fourth-order valence-electron chi connectivity index (χ4n) is 2.97. The molecule has 3 nitrogen and oxygen atoms in total. The molecule has 0 saturated carbocycles. The molecule has 2 rings (SSSR count). The molecule has 0 aliphatic carbocycles. The van der Waals surface area contributed by atoms with E-state index in [0.717, 1.165) is 4.99 Å². The van der Waals surface area contributed by atoms with Crippen molar-refractivity contribution < 1.29 is 0 Å². The quantitative estimate of drug-likeness (QED) is 0.754. The summed E-state index contributed by atoms with van der Waals surface area (Å²) in [7, 11) is 0. The Morgan fingerprint density at radius 1 is 1.00 bits per heavy atom. The van der Waals surface area contributed by atoms with E-state index in [1.54, 1.807) is 0 Å². The minimum absolute atomic E-state index is 0.500. The van der Waals surface area contributed by atoms with Gasteiger partial charge in [-0.05, 0) is 71.4 Å². The van der Waals surface area contributed by atoms with E-state index < -0.39 is 0 Å². The van der Waals surface area contributed by atoms with E-state index >= 15 is 0 Å². The van der Waals surface area contributed by atoms with Crippen LogP contribution in [0.4, 0.5) is 0 Å². The second-order valence-corrected chi connectivity index (χ2v) is 5.89. The maximum Gasteiger partial charge on any atom is 0.0759 e. The molecule has 0 spiro atoms. The largest absolute Gasteiger partial charge is 0.393 e. The van der Waals surface area contributed by atoms with Gasteiger partial charge in [-0.1, -0.05) is 12.2 Å². The second-order valence-electron chi connectivity index (χ2n) is 5.42. The van der Waals surface area contributed by atoms with Crippen LogP contribution in [-0.4, -0.2) is 54.1 Å². The third-order valence-electron chi connectivity index (χ3n) is 4.14. The monoisotopic (exact) mass is 255 g/mol. The van der Waals surface area contributed by atoms with Gasteiger partial charge in [-0.15, -0.1) is 0 Å². The predicted octanol–water partition coefficient (Wildman–Crippen LogP) is 1.47. The molecule has 0 aromatic rings. The molecule has 17 heavy (non-hydrogen) atoms. The van der Waals surface area contributed by atoms with E-state index in [1.165, 1.54) is 71.4 Å². The van der Waals surface area contributed by atoms with E-state index in [0.29, 0.717) is 5.92 Å². The van der Waals surface area contributed by atoms with Gasteiger partial charge in [0.1, 0.15) is 0 Å². The van der Waals surface area contributed by atoms with Crippen molar-refractivity contribution in [1.82, 2.24) is 9.80 Å². The lowest BCUT2D eigenvalue weighted by molar-refractivity contribution is 0.196. The van der Waals surface area contributed by atoms with E-state index in [2.05, 4.69) is 9.80 Å². The van der Waals surface area contributed by atoms with Crippen molar-refractivity contribution in [1.29, 1.82) is 0 Å². The van der Waals surface area contributed by atoms with E-state index in [-0.39, 0.29) is 0 Å². The van der Waals surface area contributed by atoms with E-state index in [4.69, 9.17) is 18.0 Å². The first-order chi connectivity index (χ1) is 8.25. The summed E-state index contributed by atoms with van der Waals surface area (Å²) in [6.07, 6.45) is 6.45. The van der Waals surface area contributed by atoms with Gasteiger partial charge in [-0.25, -0.2) is 0 Å². The van der Waals surface area contributed by atoms with Crippen molar-refractivity contribution in [3.63, 3.8) is 0 Å². The summed E-state index contributed by atoms with van der Waals surface area (Å²) in [5.41, 5.74) is 5.70. The normalized spacial score (nSPS) is 24.2. The lowest BCUT2D eigenvalue weighted by Gasteiger charge is -2.31. The summed E-state index contributed by atoms with van der Waals surface area (Å²) < 4.78 is 0.